The molecule has 1 saturated heterocycles. The highest BCUT2D eigenvalue weighted by molar-refractivity contribution is 7.91. The number of sulfone groups is 1. The van der Waals surface area contributed by atoms with Crippen molar-refractivity contribution >= 4 is 15.8 Å². The summed E-state index contributed by atoms with van der Waals surface area (Å²) in [5.41, 5.74) is 0. The predicted molar refractivity (Wildman–Crippen MR) is 49.5 cm³/mol. The first-order chi connectivity index (χ1) is 6.17. The molecular formula is C7H11N3O2S. The van der Waals surface area contributed by atoms with E-state index in [0.29, 0.717) is 13.1 Å². The van der Waals surface area contributed by atoms with E-state index >= 15 is 0 Å². The Bertz CT molecular complexity index is 356. The van der Waals surface area contributed by atoms with E-state index in [0.717, 1.165) is 5.95 Å². The number of rotatable bonds is 1. The monoisotopic (exact) mass is 201 g/mol. The minimum Gasteiger partial charge on any atom is -0.340 e. The highest BCUT2D eigenvalue weighted by atomic mass is 32.2. The molecule has 0 saturated carbocycles. The van der Waals surface area contributed by atoms with Crippen LogP contribution in [-0.4, -0.2) is 43.0 Å². The number of anilines is 1. The van der Waals surface area contributed by atoms with Crippen LogP contribution in [-0.2, 0) is 9.84 Å². The van der Waals surface area contributed by atoms with Gasteiger partial charge in [0.05, 0.1) is 11.5 Å². The summed E-state index contributed by atoms with van der Waals surface area (Å²) in [7, 11) is -2.79. The van der Waals surface area contributed by atoms with E-state index < -0.39 is 9.84 Å². The highest BCUT2D eigenvalue weighted by Gasteiger charge is 2.22. The second kappa shape index (κ2) is 3.02. The van der Waals surface area contributed by atoms with Crippen molar-refractivity contribution in [3.63, 3.8) is 0 Å². The average Bonchev–Trinajstić information content (AvgIpc) is 2.56. The van der Waals surface area contributed by atoms with Crippen LogP contribution < -0.4 is 4.90 Å². The number of H-pyrrole nitrogens is 1. The molecule has 1 aliphatic rings. The van der Waals surface area contributed by atoms with E-state index in [-0.39, 0.29) is 11.5 Å². The Morgan fingerprint density at radius 2 is 2.08 bits per heavy atom. The van der Waals surface area contributed by atoms with Gasteiger partial charge in [-0.3, -0.25) is 0 Å². The number of hydrogen-bond donors (Lipinski definition) is 1. The van der Waals surface area contributed by atoms with E-state index in [4.69, 9.17) is 0 Å². The van der Waals surface area contributed by atoms with E-state index in [1.807, 2.05) is 4.90 Å². The number of nitrogens with zero attached hydrogens (tertiary/aromatic N) is 2. The lowest BCUT2D eigenvalue weighted by Crippen LogP contribution is -2.40. The van der Waals surface area contributed by atoms with Crippen LogP contribution in [0.3, 0.4) is 0 Å². The maximum Gasteiger partial charge on any atom is 0.202 e. The molecular weight excluding hydrogens is 190 g/mol. The minimum absolute atomic E-state index is 0.230. The molecule has 1 aromatic heterocycles. The van der Waals surface area contributed by atoms with Crippen molar-refractivity contribution in [1.82, 2.24) is 9.97 Å². The fourth-order valence-corrected chi connectivity index (χ4v) is 2.56. The first kappa shape index (κ1) is 8.55. The van der Waals surface area contributed by atoms with Gasteiger partial charge in [-0.15, -0.1) is 0 Å². The van der Waals surface area contributed by atoms with Gasteiger partial charge in [-0.1, -0.05) is 0 Å². The lowest BCUT2D eigenvalue weighted by molar-refractivity contribution is 0.586. The summed E-state index contributed by atoms with van der Waals surface area (Å²) in [5.74, 6) is 1.22. The van der Waals surface area contributed by atoms with Crippen molar-refractivity contribution in [2.75, 3.05) is 29.5 Å². The van der Waals surface area contributed by atoms with E-state index in [2.05, 4.69) is 9.97 Å². The molecule has 0 aliphatic carbocycles. The van der Waals surface area contributed by atoms with Crippen LogP contribution in [0.1, 0.15) is 0 Å². The van der Waals surface area contributed by atoms with Gasteiger partial charge in [-0.05, 0) is 0 Å². The van der Waals surface area contributed by atoms with Crippen molar-refractivity contribution in [1.29, 1.82) is 0 Å². The first-order valence-electron chi connectivity index (χ1n) is 4.12. The summed E-state index contributed by atoms with van der Waals surface area (Å²) < 4.78 is 22.2. The molecule has 2 rings (SSSR count). The standard InChI is InChI=1S/C7H11N3O2S/c11-13(12)5-3-10(4-6-13)7-8-1-2-9-7/h1-2H,3-6H2,(H,8,9). The third kappa shape index (κ3) is 1.82. The van der Waals surface area contributed by atoms with Crippen molar-refractivity contribution < 1.29 is 8.42 Å². The molecule has 0 unspecified atom stereocenters. The van der Waals surface area contributed by atoms with Crippen molar-refractivity contribution in [3.05, 3.63) is 12.4 Å². The number of aromatic nitrogens is 2. The molecule has 1 fully saturated rings. The van der Waals surface area contributed by atoms with Gasteiger partial charge >= 0.3 is 0 Å². The SMILES string of the molecule is O=S1(=O)CCN(c2ncc[nH]2)CC1. The smallest absolute Gasteiger partial charge is 0.202 e. The number of nitrogens with one attached hydrogen (secondary N) is 1. The Morgan fingerprint density at radius 1 is 1.38 bits per heavy atom. The molecule has 13 heavy (non-hydrogen) atoms. The van der Waals surface area contributed by atoms with Gasteiger partial charge in [0.2, 0.25) is 5.95 Å². The number of aromatic amines is 1. The molecule has 72 valence electrons. The Morgan fingerprint density at radius 3 is 2.62 bits per heavy atom. The Hall–Kier alpha value is -1.04. The molecule has 0 radical (unpaired) electrons. The molecule has 5 nitrogen and oxygen atoms in total. The van der Waals surface area contributed by atoms with Gasteiger partial charge in [-0.25, -0.2) is 13.4 Å². The molecule has 0 atom stereocenters. The molecule has 1 aromatic rings. The summed E-state index contributed by atoms with van der Waals surface area (Å²) in [5, 5.41) is 0. The average molecular weight is 201 g/mol. The Kier molecular flexibility index (Phi) is 1.99. The maximum absolute atomic E-state index is 11.1. The number of hydrogen-bond acceptors (Lipinski definition) is 4. The number of imidazole rings is 1. The lowest BCUT2D eigenvalue weighted by atomic mass is 10.5. The van der Waals surface area contributed by atoms with Gasteiger partial charge in [0.1, 0.15) is 0 Å². The second-order valence-electron chi connectivity index (χ2n) is 3.05. The first-order valence-corrected chi connectivity index (χ1v) is 5.94. The van der Waals surface area contributed by atoms with Gasteiger partial charge in [0, 0.05) is 25.5 Å². The molecule has 1 N–H and O–H groups in total. The molecule has 0 spiro atoms. The van der Waals surface area contributed by atoms with Gasteiger partial charge in [-0.2, -0.15) is 0 Å². The predicted octanol–water partition coefficient (Wildman–Crippen LogP) is -0.356. The molecule has 0 aromatic carbocycles. The van der Waals surface area contributed by atoms with Crippen LogP contribution in [0.25, 0.3) is 0 Å². The second-order valence-corrected chi connectivity index (χ2v) is 5.36. The lowest BCUT2D eigenvalue weighted by Gasteiger charge is -2.25. The molecule has 0 amide bonds. The minimum atomic E-state index is -2.79. The Labute approximate surface area is 76.7 Å². The van der Waals surface area contributed by atoms with Gasteiger partial charge < -0.3 is 9.88 Å². The zero-order valence-electron chi connectivity index (χ0n) is 7.10. The van der Waals surface area contributed by atoms with E-state index in [1.165, 1.54) is 0 Å². The van der Waals surface area contributed by atoms with Crippen molar-refractivity contribution in [3.8, 4) is 0 Å². The van der Waals surface area contributed by atoms with Crippen LogP contribution in [0.5, 0.6) is 0 Å². The summed E-state index contributed by atoms with van der Waals surface area (Å²) in [6.45, 7) is 1.08. The van der Waals surface area contributed by atoms with E-state index in [1.54, 1.807) is 12.4 Å². The fourth-order valence-electron chi connectivity index (χ4n) is 1.35. The molecule has 2 heterocycles. The van der Waals surface area contributed by atoms with Crippen LogP contribution >= 0.6 is 0 Å². The summed E-state index contributed by atoms with van der Waals surface area (Å²) >= 11 is 0. The van der Waals surface area contributed by atoms with Crippen LogP contribution in [0.15, 0.2) is 12.4 Å². The van der Waals surface area contributed by atoms with Crippen molar-refractivity contribution in [2.24, 2.45) is 0 Å². The summed E-state index contributed by atoms with van der Waals surface area (Å²) in [4.78, 5) is 8.96. The molecule has 0 bridgehead atoms. The topological polar surface area (TPSA) is 66.1 Å². The largest absolute Gasteiger partial charge is 0.340 e. The third-order valence-electron chi connectivity index (χ3n) is 2.13. The zero-order chi connectivity index (χ0) is 9.31. The quantitative estimate of drug-likeness (QED) is 0.674. The van der Waals surface area contributed by atoms with Crippen LogP contribution in [0.2, 0.25) is 0 Å². The van der Waals surface area contributed by atoms with Crippen molar-refractivity contribution in [2.45, 2.75) is 0 Å². The van der Waals surface area contributed by atoms with Gasteiger partial charge in [0.25, 0.3) is 0 Å². The third-order valence-corrected chi connectivity index (χ3v) is 3.74. The molecule has 1 aliphatic heterocycles. The van der Waals surface area contributed by atoms with Crippen LogP contribution in [0.4, 0.5) is 5.95 Å². The summed E-state index contributed by atoms with van der Waals surface area (Å²) in [6, 6.07) is 0. The maximum atomic E-state index is 11.1. The fraction of sp³-hybridized carbons (Fsp3) is 0.571. The summed E-state index contributed by atoms with van der Waals surface area (Å²) in [6.07, 6.45) is 3.40. The van der Waals surface area contributed by atoms with Crippen LogP contribution in [0, 0.1) is 0 Å². The highest BCUT2D eigenvalue weighted by Crippen LogP contribution is 2.10. The molecule has 6 heteroatoms. The zero-order valence-corrected chi connectivity index (χ0v) is 7.92. The van der Waals surface area contributed by atoms with Gasteiger partial charge in [0.15, 0.2) is 9.84 Å². The Balaban J connectivity index is 2.07. The normalized spacial score (nSPS) is 21.7. The van der Waals surface area contributed by atoms with E-state index in [9.17, 15) is 8.42 Å².